The number of aryl methyl sites for hydroxylation is 2. The number of hydrogen-bond donors (Lipinski definition) is 1. The number of rotatable bonds is 6. The van der Waals surface area contributed by atoms with Gasteiger partial charge in [0.15, 0.2) is 11.8 Å². The number of carbonyl (C=O) groups is 1. The summed E-state index contributed by atoms with van der Waals surface area (Å²) < 4.78 is 13.0. The van der Waals surface area contributed by atoms with Crippen molar-refractivity contribution in [3.8, 4) is 12.3 Å². The fourth-order valence-electron chi connectivity index (χ4n) is 3.60. The molecule has 0 saturated carbocycles. The summed E-state index contributed by atoms with van der Waals surface area (Å²) in [6.07, 6.45) is 8.04. The Labute approximate surface area is 205 Å². The highest BCUT2D eigenvalue weighted by atomic mass is 32.2. The molecular weight excluding hydrogens is 464 g/mol. The molecule has 1 unspecified atom stereocenters. The third-order valence-corrected chi connectivity index (χ3v) is 7.33. The van der Waals surface area contributed by atoms with Crippen LogP contribution >= 0.6 is 10.5 Å². The van der Waals surface area contributed by atoms with Gasteiger partial charge in [0, 0.05) is 21.6 Å². The molecule has 0 bridgehead atoms. The van der Waals surface area contributed by atoms with Gasteiger partial charge in [0.2, 0.25) is 0 Å². The van der Waals surface area contributed by atoms with Gasteiger partial charge < -0.3 is 9.47 Å². The van der Waals surface area contributed by atoms with Gasteiger partial charge in [-0.2, -0.15) is 0 Å². The van der Waals surface area contributed by atoms with Gasteiger partial charge in [0.05, 0.1) is 5.56 Å². The molecular formula is C27H24N2O5S. The Balaban J connectivity index is 1.73. The first-order valence-corrected chi connectivity index (χ1v) is 12.2. The monoisotopic (exact) mass is 488 g/mol. The molecule has 0 aliphatic carbocycles. The summed E-state index contributed by atoms with van der Waals surface area (Å²) in [5.41, 5.74) is -0.754. The van der Waals surface area contributed by atoms with Crippen molar-refractivity contribution in [2.75, 3.05) is 6.61 Å². The number of H-pyrrole nitrogens is 1. The Kier molecular flexibility index (Phi) is 6.74. The summed E-state index contributed by atoms with van der Waals surface area (Å²) in [6, 6.07) is 16.4. The Morgan fingerprint density at radius 2 is 1.89 bits per heavy atom. The standard InChI is InChI=1S/C27H24N2O5S/c1-5-27(17-33-25(31)20-9-7-6-8-10-20)15-22(35(4)21-13-11-18(2)12-14-21)24(34-27)29-16-19(3)23(30)28-26(29)32/h1,6-16,24H,4,17H2,2-3H3,(H,28,30,32)/t24-,27+,35?/m1/s1. The predicted molar refractivity (Wildman–Crippen MR) is 137 cm³/mol. The van der Waals surface area contributed by atoms with E-state index in [2.05, 4.69) is 16.8 Å². The van der Waals surface area contributed by atoms with Gasteiger partial charge >= 0.3 is 11.7 Å². The lowest BCUT2D eigenvalue weighted by Crippen LogP contribution is -2.38. The van der Waals surface area contributed by atoms with E-state index in [1.54, 1.807) is 43.3 Å². The molecule has 0 radical (unpaired) electrons. The Morgan fingerprint density at radius 1 is 1.20 bits per heavy atom. The van der Waals surface area contributed by atoms with Crippen molar-refractivity contribution >= 4 is 22.3 Å². The summed E-state index contributed by atoms with van der Waals surface area (Å²) in [5, 5.41) is 0. The molecule has 4 rings (SSSR count). The van der Waals surface area contributed by atoms with Crippen LogP contribution in [-0.2, 0) is 9.47 Å². The van der Waals surface area contributed by atoms with Gasteiger partial charge in [0.25, 0.3) is 5.56 Å². The zero-order valence-corrected chi connectivity index (χ0v) is 20.1. The van der Waals surface area contributed by atoms with Crippen LogP contribution in [0, 0.1) is 26.2 Å². The Morgan fingerprint density at radius 3 is 2.54 bits per heavy atom. The van der Waals surface area contributed by atoms with E-state index in [0.717, 1.165) is 10.5 Å². The first kappa shape index (κ1) is 24.2. The number of nitrogens with one attached hydrogen (secondary N) is 1. The fraction of sp³-hybridized carbons (Fsp3) is 0.185. The third kappa shape index (κ3) is 4.97. The number of nitrogens with zero attached hydrogens (tertiary/aromatic N) is 1. The summed E-state index contributed by atoms with van der Waals surface area (Å²) in [7, 11) is -0.768. The lowest BCUT2D eigenvalue weighted by molar-refractivity contribution is -0.0583. The van der Waals surface area contributed by atoms with Crippen molar-refractivity contribution in [2.24, 2.45) is 0 Å². The van der Waals surface area contributed by atoms with Crippen molar-refractivity contribution in [1.29, 1.82) is 0 Å². The van der Waals surface area contributed by atoms with E-state index in [1.807, 2.05) is 31.2 Å². The highest BCUT2D eigenvalue weighted by Crippen LogP contribution is 2.47. The average Bonchev–Trinajstić information content (AvgIpc) is 3.25. The smallest absolute Gasteiger partial charge is 0.338 e. The maximum atomic E-state index is 12.7. The number of terminal acetylenes is 1. The SMILES string of the molecule is C#C[C@@]1(COC(=O)c2ccccc2)C=C(S(=C)c2ccc(C)cc2)[C@H](n2cc(C)c(=O)[nH]c2=O)O1. The second-order valence-electron chi connectivity index (χ2n) is 8.18. The number of aromatic amines is 1. The largest absolute Gasteiger partial charge is 0.458 e. The molecule has 0 amide bonds. The predicted octanol–water partition coefficient (Wildman–Crippen LogP) is 3.56. The number of hydrogen-bond acceptors (Lipinski definition) is 5. The zero-order chi connectivity index (χ0) is 25.2. The van der Waals surface area contributed by atoms with Crippen LogP contribution in [-0.4, -0.2) is 33.6 Å². The van der Waals surface area contributed by atoms with Crippen LogP contribution in [0.1, 0.15) is 27.7 Å². The molecule has 1 aromatic heterocycles. The highest BCUT2D eigenvalue weighted by Gasteiger charge is 2.42. The maximum Gasteiger partial charge on any atom is 0.338 e. The van der Waals surface area contributed by atoms with Gasteiger partial charge in [0.1, 0.15) is 6.61 Å². The normalized spacial score (nSPS) is 20.0. The molecule has 7 nitrogen and oxygen atoms in total. The van der Waals surface area contributed by atoms with E-state index in [0.29, 0.717) is 16.0 Å². The third-order valence-electron chi connectivity index (χ3n) is 5.60. The van der Waals surface area contributed by atoms with E-state index >= 15 is 0 Å². The summed E-state index contributed by atoms with van der Waals surface area (Å²) in [6.45, 7) is 3.31. The van der Waals surface area contributed by atoms with Crippen LogP contribution in [0.25, 0.3) is 0 Å². The molecule has 0 spiro atoms. The quantitative estimate of drug-likeness (QED) is 0.326. The molecule has 1 aliphatic rings. The number of carbonyl (C=O) groups excluding carboxylic acids is 1. The van der Waals surface area contributed by atoms with Gasteiger partial charge in [-0.25, -0.2) is 9.59 Å². The second-order valence-corrected chi connectivity index (χ2v) is 9.90. The van der Waals surface area contributed by atoms with Gasteiger partial charge in [-0.15, -0.1) is 16.9 Å². The van der Waals surface area contributed by atoms with Gasteiger partial charge in [-0.3, -0.25) is 14.3 Å². The van der Waals surface area contributed by atoms with E-state index < -0.39 is 39.5 Å². The van der Waals surface area contributed by atoms with Crippen LogP contribution in [0.3, 0.4) is 0 Å². The second kappa shape index (κ2) is 9.74. The van der Waals surface area contributed by atoms with Crippen LogP contribution in [0.15, 0.2) is 86.3 Å². The summed E-state index contributed by atoms with van der Waals surface area (Å²) in [5.74, 6) is 6.36. The van der Waals surface area contributed by atoms with Crippen molar-refractivity contribution < 1.29 is 14.3 Å². The van der Waals surface area contributed by atoms with Crippen molar-refractivity contribution in [1.82, 2.24) is 9.55 Å². The first-order valence-electron chi connectivity index (χ1n) is 10.8. The highest BCUT2D eigenvalue weighted by molar-refractivity contribution is 8.17. The van der Waals surface area contributed by atoms with Gasteiger partial charge in [-0.1, -0.05) is 47.7 Å². The number of aromatic nitrogens is 2. The molecule has 0 fully saturated rings. The average molecular weight is 489 g/mol. The lowest BCUT2D eigenvalue weighted by Gasteiger charge is -2.25. The molecule has 3 atom stereocenters. The van der Waals surface area contributed by atoms with E-state index in [9.17, 15) is 14.4 Å². The van der Waals surface area contributed by atoms with Crippen LogP contribution in [0.4, 0.5) is 0 Å². The molecule has 2 heterocycles. The van der Waals surface area contributed by atoms with Gasteiger partial charge in [-0.05, 0) is 44.2 Å². The van der Waals surface area contributed by atoms with Crippen LogP contribution < -0.4 is 11.2 Å². The van der Waals surface area contributed by atoms with E-state index in [-0.39, 0.29) is 6.61 Å². The van der Waals surface area contributed by atoms with Crippen molar-refractivity contribution in [2.45, 2.75) is 30.6 Å². The number of ether oxygens (including phenoxy) is 2. The Hall–Kier alpha value is -3.93. The lowest BCUT2D eigenvalue weighted by atomic mass is 10.1. The topological polar surface area (TPSA) is 90.4 Å². The van der Waals surface area contributed by atoms with Crippen LogP contribution in [0.5, 0.6) is 0 Å². The molecule has 178 valence electrons. The first-order chi connectivity index (χ1) is 16.7. The molecule has 2 aromatic carbocycles. The minimum atomic E-state index is -1.43. The zero-order valence-electron chi connectivity index (χ0n) is 19.3. The summed E-state index contributed by atoms with van der Waals surface area (Å²) in [4.78, 5) is 41.1. The molecule has 35 heavy (non-hydrogen) atoms. The molecule has 1 N–H and O–H groups in total. The fourth-order valence-corrected chi connectivity index (χ4v) is 5.08. The Bertz CT molecular complexity index is 1480. The summed E-state index contributed by atoms with van der Waals surface area (Å²) >= 11 is 0. The minimum Gasteiger partial charge on any atom is -0.458 e. The van der Waals surface area contributed by atoms with Crippen molar-refractivity contribution in [3.63, 3.8) is 0 Å². The van der Waals surface area contributed by atoms with Crippen LogP contribution in [0.2, 0.25) is 0 Å². The maximum absolute atomic E-state index is 12.7. The van der Waals surface area contributed by atoms with Crippen molar-refractivity contribution in [3.05, 3.63) is 109 Å². The number of esters is 1. The molecule has 3 aromatic rings. The molecule has 0 saturated heterocycles. The molecule has 8 heteroatoms. The molecule has 1 aliphatic heterocycles. The van der Waals surface area contributed by atoms with E-state index in [1.165, 1.54) is 10.8 Å². The minimum absolute atomic E-state index is 0.264. The number of benzene rings is 2. The van der Waals surface area contributed by atoms with E-state index in [4.69, 9.17) is 15.9 Å².